The standard InChI is InChI=1S/C13H15Cl2FN2O2S.ClH/c14-10-3-4-11(12(15)13(10)16)21(19,20)18-9-5-7-1-2-8(6-9)17-7;/h3-4,7-9,17-18H,1-2,5-6H2;1H. The summed E-state index contributed by atoms with van der Waals surface area (Å²) in [7, 11) is -3.86. The normalized spacial score (nSPS) is 27.5. The summed E-state index contributed by atoms with van der Waals surface area (Å²) in [5.41, 5.74) is 0. The molecule has 2 N–H and O–H groups in total. The van der Waals surface area contributed by atoms with Crippen LogP contribution in [0.5, 0.6) is 0 Å². The number of fused-ring (bicyclic) bond motifs is 2. The van der Waals surface area contributed by atoms with Crippen LogP contribution in [0.2, 0.25) is 10.0 Å². The Morgan fingerprint density at radius 2 is 1.77 bits per heavy atom. The van der Waals surface area contributed by atoms with Gasteiger partial charge in [-0.3, -0.25) is 0 Å². The SMILES string of the molecule is Cl.O=S(=O)(NC1CC2CCC(C1)N2)c1ccc(Cl)c(F)c1Cl. The quantitative estimate of drug-likeness (QED) is 0.781. The van der Waals surface area contributed by atoms with E-state index in [1.807, 2.05) is 0 Å². The van der Waals surface area contributed by atoms with Gasteiger partial charge in [0.2, 0.25) is 10.0 Å². The molecule has 1 aromatic carbocycles. The molecule has 4 nitrogen and oxygen atoms in total. The Morgan fingerprint density at radius 1 is 1.18 bits per heavy atom. The molecule has 2 fully saturated rings. The first-order valence-electron chi connectivity index (χ1n) is 6.78. The Hall–Kier alpha value is -0.110. The largest absolute Gasteiger partial charge is 0.311 e. The molecule has 2 atom stereocenters. The Labute approximate surface area is 145 Å². The van der Waals surface area contributed by atoms with Crippen molar-refractivity contribution in [1.82, 2.24) is 10.0 Å². The van der Waals surface area contributed by atoms with Crippen LogP contribution in [0.4, 0.5) is 4.39 Å². The van der Waals surface area contributed by atoms with E-state index in [0.29, 0.717) is 12.1 Å². The van der Waals surface area contributed by atoms with Crippen LogP contribution < -0.4 is 10.0 Å². The lowest BCUT2D eigenvalue weighted by atomic mass is 10.0. The van der Waals surface area contributed by atoms with E-state index in [4.69, 9.17) is 23.2 Å². The maximum Gasteiger partial charge on any atom is 0.242 e. The zero-order valence-corrected chi connectivity index (χ0v) is 14.6. The summed E-state index contributed by atoms with van der Waals surface area (Å²) >= 11 is 11.4. The number of nitrogens with one attached hydrogen (secondary N) is 2. The number of rotatable bonds is 3. The second-order valence-electron chi connectivity index (χ2n) is 5.60. The molecule has 2 bridgehead atoms. The van der Waals surface area contributed by atoms with E-state index in [1.54, 1.807) is 0 Å². The van der Waals surface area contributed by atoms with Gasteiger partial charge in [-0.1, -0.05) is 23.2 Å². The third kappa shape index (κ3) is 3.52. The summed E-state index contributed by atoms with van der Waals surface area (Å²) in [5, 5.41) is 2.77. The van der Waals surface area contributed by atoms with Crippen molar-refractivity contribution in [2.75, 3.05) is 0 Å². The highest BCUT2D eigenvalue weighted by atomic mass is 35.5. The molecule has 124 valence electrons. The third-order valence-electron chi connectivity index (χ3n) is 4.08. The molecule has 3 rings (SSSR count). The summed E-state index contributed by atoms with van der Waals surface area (Å²) in [6.45, 7) is 0. The molecule has 0 aromatic heterocycles. The molecule has 0 aliphatic carbocycles. The van der Waals surface area contributed by atoms with Gasteiger partial charge in [-0.05, 0) is 37.8 Å². The van der Waals surface area contributed by atoms with E-state index < -0.39 is 20.9 Å². The van der Waals surface area contributed by atoms with Gasteiger partial charge in [0.15, 0.2) is 5.82 Å². The Bertz CT molecular complexity index is 659. The average molecular weight is 390 g/mol. The van der Waals surface area contributed by atoms with Gasteiger partial charge in [0.1, 0.15) is 4.90 Å². The first-order valence-corrected chi connectivity index (χ1v) is 9.02. The molecule has 2 saturated heterocycles. The minimum atomic E-state index is -3.86. The van der Waals surface area contributed by atoms with Gasteiger partial charge < -0.3 is 5.32 Å². The molecule has 0 radical (unpaired) electrons. The number of hydrogen-bond acceptors (Lipinski definition) is 3. The molecular weight excluding hydrogens is 374 g/mol. The lowest BCUT2D eigenvalue weighted by Gasteiger charge is -2.29. The Balaban J connectivity index is 0.00000176. The van der Waals surface area contributed by atoms with Crippen molar-refractivity contribution >= 4 is 45.6 Å². The number of hydrogen-bond donors (Lipinski definition) is 2. The fourth-order valence-corrected chi connectivity index (χ4v) is 5.16. The van der Waals surface area contributed by atoms with Crippen LogP contribution in [-0.2, 0) is 10.0 Å². The predicted molar refractivity (Wildman–Crippen MR) is 87.0 cm³/mol. The number of benzene rings is 1. The van der Waals surface area contributed by atoms with Gasteiger partial charge in [0.25, 0.3) is 0 Å². The van der Waals surface area contributed by atoms with Crippen LogP contribution in [0, 0.1) is 5.82 Å². The molecule has 2 aliphatic heterocycles. The molecular formula is C13H16Cl3FN2O2S. The summed E-state index contributed by atoms with van der Waals surface area (Å²) in [4.78, 5) is -0.267. The Kier molecular flexibility index (Phi) is 5.63. The highest BCUT2D eigenvalue weighted by Gasteiger charge is 2.36. The summed E-state index contributed by atoms with van der Waals surface area (Å²) < 4.78 is 41.1. The minimum Gasteiger partial charge on any atom is -0.311 e. The van der Waals surface area contributed by atoms with Gasteiger partial charge in [0.05, 0.1) is 10.0 Å². The van der Waals surface area contributed by atoms with Crippen LogP contribution >= 0.6 is 35.6 Å². The zero-order valence-electron chi connectivity index (χ0n) is 11.5. The fourth-order valence-electron chi connectivity index (χ4n) is 3.15. The van der Waals surface area contributed by atoms with Crippen molar-refractivity contribution < 1.29 is 12.8 Å². The molecule has 22 heavy (non-hydrogen) atoms. The molecule has 0 amide bonds. The first-order chi connectivity index (χ1) is 9.87. The van der Waals surface area contributed by atoms with E-state index in [0.717, 1.165) is 25.7 Å². The monoisotopic (exact) mass is 388 g/mol. The van der Waals surface area contributed by atoms with Crippen molar-refractivity contribution in [3.8, 4) is 0 Å². The second kappa shape index (κ2) is 6.79. The van der Waals surface area contributed by atoms with E-state index in [9.17, 15) is 12.8 Å². The molecule has 0 spiro atoms. The number of halogens is 4. The van der Waals surface area contributed by atoms with Crippen molar-refractivity contribution in [3.63, 3.8) is 0 Å². The zero-order chi connectivity index (χ0) is 15.2. The van der Waals surface area contributed by atoms with E-state index in [2.05, 4.69) is 10.0 Å². The van der Waals surface area contributed by atoms with Gasteiger partial charge >= 0.3 is 0 Å². The summed E-state index contributed by atoms with van der Waals surface area (Å²) in [6.07, 6.45) is 3.62. The van der Waals surface area contributed by atoms with Crippen molar-refractivity contribution in [1.29, 1.82) is 0 Å². The van der Waals surface area contributed by atoms with Crippen molar-refractivity contribution in [3.05, 3.63) is 28.0 Å². The second-order valence-corrected chi connectivity index (χ2v) is 8.07. The number of sulfonamides is 1. The molecule has 2 aliphatic rings. The predicted octanol–water partition coefficient (Wildman–Crippen LogP) is 3.12. The summed E-state index contributed by atoms with van der Waals surface area (Å²) in [5.74, 6) is -0.911. The molecule has 2 unspecified atom stereocenters. The van der Waals surface area contributed by atoms with Gasteiger partial charge in [-0.2, -0.15) is 0 Å². The molecule has 9 heteroatoms. The van der Waals surface area contributed by atoms with Crippen LogP contribution in [0.3, 0.4) is 0 Å². The van der Waals surface area contributed by atoms with Crippen molar-refractivity contribution in [2.45, 2.75) is 48.7 Å². The topological polar surface area (TPSA) is 58.2 Å². The van der Waals surface area contributed by atoms with Crippen molar-refractivity contribution in [2.24, 2.45) is 0 Å². The molecule has 1 aromatic rings. The van der Waals surface area contributed by atoms with Crippen LogP contribution in [-0.4, -0.2) is 26.5 Å². The summed E-state index contributed by atoms with van der Waals surface area (Å²) in [6, 6.07) is 2.99. The maximum atomic E-state index is 13.7. The lowest BCUT2D eigenvalue weighted by molar-refractivity contribution is 0.345. The smallest absolute Gasteiger partial charge is 0.242 e. The maximum absolute atomic E-state index is 13.7. The highest BCUT2D eigenvalue weighted by Crippen LogP contribution is 2.31. The third-order valence-corrected chi connectivity index (χ3v) is 6.42. The van der Waals surface area contributed by atoms with Crippen LogP contribution in [0.15, 0.2) is 17.0 Å². The molecule has 2 heterocycles. The van der Waals surface area contributed by atoms with Crippen LogP contribution in [0.25, 0.3) is 0 Å². The number of piperidine rings is 1. The van der Waals surface area contributed by atoms with Gasteiger partial charge in [-0.15, -0.1) is 12.4 Å². The van der Waals surface area contributed by atoms with E-state index in [1.165, 1.54) is 12.1 Å². The van der Waals surface area contributed by atoms with Gasteiger partial charge in [0, 0.05) is 18.1 Å². The average Bonchev–Trinajstić information content (AvgIpc) is 2.74. The lowest BCUT2D eigenvalue weighted by Crippen LogP contribution is -2.47. The molecule has 0 saturated carbocycles. The van der Waals surface area contributed by atoms with E-state index >= 15 is 0 Å². The van der Waals surface area contributed by atoms with Crippen LogP contribution in [0.1, 0.15) is 25.7 Å². The van der Waals surface area contributed by atoms with E-state index in [-0.39, 0.29) is 28.4 Å². The highest BCUT2D eigenvalue weighted by molar-refractivity contribution is 7.89. The Morgan fingerprint density at radius 3 is 2.36 bits per heavy atom. The van der Waals surface area contributed by atoms with Gasteiger partial charge in [-0.25, -0.2) is 17.5 Å². The fraction of sp³-hybridized carbons (Fsp3) is 0.538. The minimum absolute atomic E-state index is 0. The first kappa shape index (κ1) is 18.2.